The molecule has 0 saturated carbocycles. The summed E-state index contributed by atoms with van der Waals surface area (Å²) in [4.78, 5) is 0. The molecule has 22 heavy (non-hydrogen) atoms. The molecule has 1 heterocycles. The molecule has 0 saturated heterocycles. The quantitative estimate of drug-likeness (QED) is 0.549. The van der Waals surface area contributed by atoms with Crippen molar-refractivity contribution in [2.24, 2.45) is 0 Å². The number of halogens is 1. The van der Waals surface area contributed by atoms with Crippen LogP contribution in [0.5, 0.6) is 0 Å². The summed E-state index contributed by atoms with van der Waals surface area (Å²) in [7, 11) is 0. The van der Waals surface area contributed by atoms with E-state index in [1.54, 1.807) is 6.26 Å². The van der Waals surface area contributed by atoms with Crippen molar-refractivity contribution in [3.63, 3.8) is 0 Å². The molecule has 0 radical (unpaired) electrons. The molecule has 0 fully saturated rings. The first kappa shape index (κ1) is 17.2. The fourth-order valence-electron chi connectivity index (χ4n) is 1.79. The van der Waals surface area contributed by atoms with Crippen molar-refractivity contribution >= 4 is 46.4 Å². The lowest BCUT2D eigenvalue weighted by atomic mass is 10.2. The number of thiocarbonyl (C=S) groups is 1. The van der Waals surface area contributed by atoms with E-state index in [2.05, 4.69) is 10.6 Å². The van der Waals surface area contributed by atoms with E-state index in [1.165, 1.54) is 0 Å². The van der Waals surface area contributed by atoms with E-state index in [-0.39, 0.29) is 0 Å². The summed E-state index contributed by atoms with van der Waals surface area (Å²) >= 11 is 13.2. The summed E-state index contributed by atoms with van der Waals surface area (Å²) in [6.45, 7) is 2.82. The molecule has 0 unspecified atom stereocenters. The Kier molecular flexibility index (Phi) is 7.09. The number of benzene rings is 1. The molecule has 1 aromatic heterocycles. The molecule has 2 rings (SSSR count). The van der Waals surface area contributed by atoms with Gasteiger partial charge in [-0.3, -0.25) is 0 Å². The Balaban J connectivity index is 1.58. The maximum atomic E-state index is 6.09. The Labute approximate surface area is 145 Å². The second-order valence-electron chi connectivity index (χ2n) is 4.83. The van der Waals surface area contributed by atoms with Gasteiger partial charge in [-0.15, -0.1) is 0 Å². The van der Waals surface area contributed by atoms with Crippen LogP contribution < -0.4 is 10.6 Å². The third-order valence-electron chi connectivity index (χ3n) is 3.01. The van der Waals surface area contributed by atoms with Crippen LogP contribution in [0.2, 0.25) is 5.02 Å². The minimum atomic E-state index is 0.621. The van der Waals surface area contributed by atoms with Crippen LogP contribution in [0.1, 0.15) is 17.7 Å². The van der Waals surface area contributed by atoms with E-state index in [9.17, 15) is 0 Å². The molecule has 6 heteroatoms. The van der Waals surface area contributed by atoms with Gasteiger partial charge in [0.2, 0.25) is 0 Å². The fraction of sp³-hybridized carbons (Fsp3) is 0.312. The van der Waals surface area contributed by atoms with Gasteiger partial charge in [-0.1, -0.05) is 17.7 Å². The highest BCUT2D eigenvalue weighted by atomic mass is 35.5. The molecule has 2 aromatic rings. The van der Waals surface area contributed by atoms with Crippen LogP contribution >= 0.6 is 35.6 Å². The van der Waals surface area contributed by atoms with Gasteiger partial charge in [0.05, 0.1) is 12.0 Å². The smallest absolute Gasteiger partial charge is 0.170 e. The van der Waals surface area contributed by atoms with E-state index in [0.717, 1.165) is 46.5 Å². The van der Waals surface area contributed by atoms with Gasteiger partial charge in [0.1, 0.15) is 5.76 Å². The average Bonchev–Trinajstić information content (AvgIpc) is 3.00. The number of thioether (sulfide) groups is 1. The Morgan fingerprint density at radius 2 is 2.23 bits per heavy atom. The van der Waals surface area contributed by atoms with Crippen LogP contribution in [0.15, 0.2) is 41.0 Å². The number of anilines is 1. The number of nitrogens with one attached hydrogen (secondary N) is 2. The SMILES string of the molecule is Cc1ccc(NC(=S)NCCCSCc2ccco2)cc1Cl. The van der Waals surface area contributed by atoms with Gasteiger partial charge >= 0.3 is 0 Å². The second kappa shape index (κ2) is 9.08. The summed E-state index contributed by atoms with van der Waals surface area (Å²) in [6, 6.07) is 9.73. The highest BCUT2D eigenvalue weighted by molar-refractivity contribution is 7.98. The van der Waals surface area contributed by atoms with Crippen molar-refractivity contribution in [1.29, 1.82) is 0 Å². The summed E-state index contributed by atoms with van der Waals surface area (Å²) < 4.78 is 5.28. The zero-order chi connectivity index (χ0) is 15.8. The summed E-state index contributed by atoms with van der Waals surface area (Å²) in [5.41, 5.74) is 1.96. The van der Waals surface area contributed by atoms with Gasteiger partial charge in [0.25, 0.3) is 0 Å². The average molecular weight is 355 g/mol. The molecule has 0 atom stereocenters. The second-order valence-corrected chi connectivity index (χ2v) is 6.75. The minimum Gasteiger partial charge on any atom is -0.468 e. The normalized spacial score (nSPS) is 10.5. The fourth-order valence-corrected chi connectivity index (χ4v) is 3.05. The van der Waals surface area contributed by atoms with Gasteiger partial charge in [-0.05, 0) is 61.1 Å². The monoisotopic (exact) mass is 354 g/mol. The lowest BCUT2D eigenvalue weighted by Crippen LogP contribution is -2.29. The molecule has 0 amide bonds. The van der Waals surface area contributed by atoms with E-state index in [0.29, 0.717) is 5.11 Å². The van der Waals surface area contributed by atoms with Crippen molar-refractivity contribution in [2.45, 2.75) is 19.1 Å². The van der Waals surface area contributed by atoms with Crippen molar-refractivity contribution in [2.75, 3.05) is 17.6 Å². The first-order valence-corrected chi connectivity index (χ1v) is 9.00. The number of aryl methyl sites for hydroxylation is 1. The molecular formula is C16H19ClN2OS2. The lowest BCUT2D eigenvalue weighted by Gasteiger charge is -2.11. The first-order chi connectivity index (χ1) is 10.6. The zero-order valence-corrected chi connectivity index (χ0v) is 14.8. The topological polar surface area (TPSA) is 37.2 Å². The van der Waals surface area contributed by atoms with Crippen LogP contribution in [0, 0.1) is 6.92 Å². The summed E-state index contributed by atoms with van der Waals surface area (Å²) in [6.07, 6.45) is 2.75. The highest BCUT2D eigenvalue weighted by Gasteiger charge is 2.01. The summed E-state index contributed by atoms with van der Waals surface area (Å²) in [5, 5.41) is 7.70. The molecule has 118 valence electrons. The van der Waals surface area contributed by atoms with Crippen LogP contribution in [0.25, 0.3) is 0 Å². The Morgan fingerprint density at radius 3 is 2.95 bits per heavy atom. The molecule has 0 aliphatic carbocycles. The number of furan rings is 1. The Bertz CT molecular complexity index is 602. The van der Waals surface area contributed by atoms with Gasteiger partial charge in [-0.25, -0.2) is 0 Å². The van der Waals surface area contributed by atoms with E-state index < -0.39 is 0 Å². The molecule has 3 nitrogen and oxygen atoms in total. The molecular weight excluding hydrogens is 336 g/mol. The predicted octanol–water partition coefficient (Wildman–Crippen LogP) is 4.85. The van der Waals surface area contributed by atoms with Gasteiger partial charge < -0.3 is 15.1 Å². The van der Waals surface area contributed by atoms with Crippen LogP contribution in [0.3, 0.4) is 0 Å². The van der Waals surface area contributed by atoms with Crippen molar-refractivity contribution in [3.05, 3.63) is 52.9 Å². The van der Waals surface area contributed by atoms with Crippen molar-refractivity contribution in [1.82, 2.24) is 5.32 Å². The maximum Gasteiger partial charge on any atom is 0.170 e. The number of rotatable bonds is 7. The Morgan fingerprint density at radius 1 is 1.36 bits per heavy atom. The maximum absolute atomic E-state index is 6.09. The molecule has 1 aromatic carbocycles. The standard InChI is InChI=1S/C16H19ClN2OS2/c1-12-5-6-13(10-15(12)17)19-16(21)18-7-3-9-22-11-14-4-2-8-20-14/h2,4-6,8,10H,3,7,9,11H2,1H3,(H2,18,19,21). The third kappa shape index (κ3) is 5.91. The van der Waals surface area contributed by atoms with Crippen LogP contribution in [0.4, 0.5) is 5.69 Å². The first-order valence-electron chi connectivity index (χ1n) is 7.06. The highest BCUT2D eigenvalue weighted by Crippen LogP contribution is 2.19. The van der Waals surface area contributed by atoms with Gasteiger partial charge in [-0.2, -0.15) is 11.8 Å². The molecule has 0 aliphatic heterocycles. The van der Waals surface area contributed by atoms with Crippen molar-refractivity contribution in [3.8, 4) is 0 Å². The van der Waals surface area contributed by atoms with Crippen LogP contribution in [-0.2, 0) is 5.75 Å². The van der Waals surface area contributed by atoms with Crippen LogP contribution in [-0.4, -0.2) is 17.4 Å². The zero-order valence-electron chi connectivity index (χ0n) is 12.4. The van der Waals surface area contributed by atoms with Gasteiger partial charge in [0, 0.05) is 17.3 Å². The van der Waals surface area contributed by atoms with E-state index in [1.807, 2.05) is 49.0 Å². The molecule has 2 N–H and O–H groups in total. The van der Waals surface area contributed by atoms with E-state index in [4.69, 9.17) is 28.2 Å². The predicted molar refractivity (Wildman–Crippen MR) is 99.9 cm³/mol. The summed E-state index contributed by atoms with van der Waals surface area (Å²) in [5.74, 6) is 3.00. The van der Waals surface area contributed by atoms with Crippen molar-refractivity contribution < 1.29 is 4.42 Å². The third-order valence-corrected chi connectivity index (χ3v) is 4.72. The molecule has 0 bridgehead atoms. The van der Waals surface area contributed by atoms with Gasteiger partial charge in [0.15, 0.2) is 5.11 Å². The lowest BCUT2D eigenvalue weighted by molar-refractivity contribution is 0.530. The van der Waals surface area contributed by atoms with E-state index >= 15 is 0 Å². The number of hydrogen-bond donors (Lipinski definition) is 2. The molecule has 0 aliphatic rings. The largest absolute Gasteiger partial charge is 0.468 e. The minimum absolute atomic E-state index is 0.621. The number of hydrogen-bond acceptors (Lipinski definition) is 3. The Hall–Kier alpha value is -1.17. The molecule has 0 spiro atoms.